The quantitative estimate of drug-likeness (QED) is 0.824. The largest absolute Gasteiger partial charge is 0.398 e. The highest BCUT2D eigenvalue weighted by atomic mass is 79.9. The number of hydrogen-bond acceptors (Lipinski definition) is 3. The van der Waals surface area contributed by atoms with Crippen molar-refractivity contribution >= 4 is 33.4 Å². The molecule has 0 radical (unpaired) electrons. The number of nitrogens with two attached hydrogens (primary N) is 1. The molecule has 2 amide bonds. The number of nitrogen functional groups attached to an aromatic ring is 1. The van der Waals surface area contributed by atoms with Crippen LogP contribution in [0, 0.1) is 0 Å². The van der Waals surface area contributed by atoms with Gasteiger partial charge in [0.2, 0.25) is 5.91 Å². The van der Waals surface area contributed by atoms with E-state index in [9.17, 15) is 9.59 Å². The Bertz CT molecular complexity index is 474. The molecule has 6 heteroatoms. The number of carbonyl (C=O) groups is 2. The lowest BCUT2D eigenvalue weighted by molar-refractivity contribution is -0.130. The van der Waals surface area contributed by atoms with Crippen LogP contribution in [-0.2, 0) is 4.79 Å². The van der Waals surface area contributed by atoms with Crippen LogP contribution in [0.1, 0.15) is 17.3 Å². The van der Waals surface area contributed by atoms with E-state index in [4.69, 9.17) is 5.73 Å². The van der Waals surface area contributed by atoms with Crippen LogP contribution in [0.15, 0.2) is 22.7 Å². The molecule has 3 N–H and O–H groups in total. The van der Waals surface area contributed by atoms with Crippen molar-refractivity contribution in [1.29, 1.82) is 0 Å². The fourth-order valence-electron chi connectivity index (χ4n) is 1.41. The number of benzene rings is 1. The molecule has 0 saturated carbocycles. The summed E-state index contributed by atoms with van der Waals surface area (Å²) in [6.07, 6.45) is 0. The van der Waals surface area contributed by atoms with Crippen LogP contribution in [0.2, 0.25) is 0 Å². The lowest BCUT2D eigenvalue weighted by Crippen LogP contribution is -2.44. The Labute approximate surface area is 114 Å². The molecule has 0 aliphatic carbocycles. The monoisotopic (exact) mass is 313 g/mol. The predicted molar refractivity (Wildman–Crippen MR) is 74.2 cm³/mol. The summed E-state index contributed by atoms with van der Waals surface area (Å²) in [5, 5.41) is 2.62. The number of carbonyl (C=O) groups excluding carboxylic acids is 2. The minimum Gasteiger partial charge on any atom is -0.398 e. The minimum absolute atomic E-state index is 0.159. The van der Waals surface area contributed by atoms with Crippen LogP contribution < -0.4 is 11.1 Å². The van der Waals surface area contributed by atoms with Gasteiger partial charge in [0, 0.05) is 29.8 Å². The zero-order valence-electron chi connectivity index (χ0n) is 10.5. The van der Waals surface area contributed by atoms with Crippen LogP contribution in [0.4, 0.5) is 5.69 Å². The molecule has 18 heavy (non-hydrogen) atoms. The van der Waals surface area contributed by atoms with Crippen molar-refractivity contribution in [3.8, 4) is 0 Å². The summed E-state index contributed by atoms with van der Waals surface area (Å²) in [5.41, 5.74) is 6.60. The molecular weight excluding hydrogens is 298 g/mol. The highest BCUT2D eigenvalue weighted by Gasteiger charge is 2.18. The second-order valence-electron chi connectivity index (χ2n) is 4.16. The summed E-state index contributed by atoms with van der Waals surface area (Å²) in [4.78, 5) is 24.9. The van der Waals surface area contributed by atoms with Crippen molar-refractivity contribution in [1.82, 2.24) is 10.2 Å². The number of rotatable bonds is 3. The number of anilines is 1. The first-order valence-corrected chi connectivity index (χ1v) is 6.19. The van der Waals surface area contributed by atoms with Crippen LogP contribution >= 0.6 is 15.9 Å². The molecule has 0 aliphatic heterocycles. The summed E-state index contributed by atoms with van der Waals surface area (Å²) in [6.45, 7) is 1.64. The normalized spacial score (nSPS) is 11.8. The average Bonchev–Trinajstić information content (AvgIpc) is 2.31. The van der Waals surface area contributed by atoms with Gasteiger partial charge >= 0.3 is 0 Å². The van der Waals surface area contributed by atoms with Crippen molar-refractivity contribution < 1.29 is 9.59 Å². The zero-order chi connectivity index (χ0) is 13.9. The fraction of sp³-hybridized carbons (Fsp3) is 0.333. The molecule has 0 fully saturated rings. The Morgan fingerprint density at radius 2 is 2.00 bits per heavy atom. The first-order chi connectivity index (χ1) is 8.32. The molecule has 1 atom stereocenters. The Kier molecular flexibility index (Phi) is 4.72. The molecule has 5 nitrogen and oxygen atoms in total. The maximum atomic E-state index is 11.9. The van der Waals surface area contributed by atoms with Gasteiger partial charge in [0.1, 0.15) is 6.04 Å². The second-order valence-corrected chi connectivity index (χ2v) is 5.02. The highest BCUT2D eigenvalue weighted by Crippen LogP contribution is 2.20. The van der Waals surface area contributed by atoms with Crippen molar-refractivity contribution in [3.05, 3.63) is 28.2 Å². The van der Waals surface area contributed by atoms with Crippen molar-refractivity contribution in [2.24, 2.45) is 0 Å². The fourth-order valence-corrected chi connectivity index (χ4v) is 1.66. The number of nitrogens with zero attached hydrogens (tertiary/aromatic N) is 1. The minimum atomic E-state index is -0.572. The summed E-state index contributed by atoms with van der Waals surface area (Å²) < 4.78 is 0.733. The van der Waals surface area contributed by atoms with E-state index >= 15 is 0 Å². The second kappa shape index (κ2) is 5.86. The van der Waals surface area contributed by atoms with Gasteiger partial charge in [0.15, 0.2) is 0 Å². The van der Waals surface area contributed by atoms with Crippen LogP contribution in [0.25, 0.3) is 0 Å². The summed E-state index contributed by atoms with van der Waals surface area (Å²) in [6, 6.07) is 4.33. The van der Waals surface area contributed by atoms with E-state index in [1.165, 1.54) is 4.90 Å². The smallest absolute Gasteiger partial charge is 0.251 e. The van der Waals surface area contributed by atoms with E-state index in [1.807, 2.05) is 0 Å². The molecule has 1 aromatic carbocycles. The topological polar surface area (TPSA) is 75.4 Å². The maximum Gasteiger partial charge on any atom is 0.251 e. The molecule has 1 rings (SSSR count). The molecule has 0 aliphatic rings. The van der Waals surface area contributed by atoms with Gasteiger partial charge < -0.3 is 16.0 Å². The van der Waals surface area contributed by atoms with Crippen LogP contribution in [-0.4, -0.2) is 36.9 Å². The van der Waals surface area contributed by atoms with E-state index < -0.39 is 6.04 Å². The number of nitrogens with one attached hydrogen (secondary N) is 1. The van der Waals surface area contributed by atoms with Crippen molar-refractivity contribution in [3.63, 3.8) is 0 Å². The average molecular weight is 314 g/mol. The van der Waals surface area contributed by atoms with E-state index in [1.54, 1.807) is 39.2 Å². The van der Waals surface area contributed by atoms with Crippen LogP contribution in [0.5, 0.6) is 0 Å². The van der Waals surface area contributed by atoms with Gasteiger partial charge in [-0.05, 0) is 41.1 Å². The summed E-state index contributed by atoms with van der Waals surface area (Å²) in [5.74, 6) is -0.481. The number of likely N-dealkylation sites (N-methyl/N-ethyl adjacent to an activating group) is 1. The summed E-state index contributed by atoms with van der Waals surface area (Å²) >= 11 is 3.25. The number of hydrogen-bond donors (Lipinski definition) is 2. The highest BCUT2D eigenvalue weighted by molar-refractivity contribution is 9.10. The van der Waals surface area contributed by atoms with Gasteiger partial charge in [0.05, 0.1) is 0 Å². The standard InChI is InChI=1S/C12H16BrN3O2/c1-7(12(18)16(2)3)15-11(17)8-4-5-9(13)10(14)6-8/h4-7H,14H2,1-3H3,(H,15,17). The molecule has 1 unspecified atom stereocenters. The Balaban J connectivity index is 2.76. The zero-order valence-corrected chi connectivity index (χ0v) is 12.1. The van der Waals surface area contributed by atoms with Gasteiger partial charge in [-0.1, -0.05) is 0 Å². The van der Waals surface area contributed by atoms with Gasteiger partial charge in [-0.3, -0.25) is 9.59 Å². The molecule has 0 heterocycles. The lowest BCUT2D eigenvalue weighted by Gasteiger charge is -2.18. The predicted octanol–water partition coefficient (Wildman–Crippen LogP) is 1.24. The third-order valence-corrected chi connectivity index (χ3v) is 3.14. The van der Waals surface area contributed by atoms with E-state index in [0.717, 1.165) is 4.47 Å². The lowest BCUT2D eigenvalue weighted by atomic mass is 10.1. The van der Waals surface area contributed by atoms with E-state index in [2.05, 4.69) is 21.2 Å². The van der Waals surface area contributed by atoms with E-state index in [0.29, 0.717) is 11.3 Å². The Morgan fingerprint density at radius 3 is 2.50 bits per heavy atom. The van der Waals surface area contributed by atoms with Gasteiger partial charge in [-0.25, -0.2) is 0 Å². The van der Waals surface area contributed by atoms with Gasteiger partial charge in [0.25, 0.3) is 5.91 Å². The first kappa shape index (κ1) is 14.5. The van der Waals surface area contributed by atoms with Crippen molar-refractivity contribution in [2.45, 2.75) is 13.0 Å². The molecule has 0 aromatic heterocycles. The third kappa shape index (κ3) is 3.46. The van der Waals surface area contributed by atoms with Crippen LogP contribution in [0.3, 0.4) is 0 Å². The Morgan fingerprint density at radius 1 is 1.39 bits per heavy atom. The molecule has 1 aromatic rings. The molecule has 0 saturated heterocycles. The first-order valence-electron chi connectivity index (χ1n) is 5.40. The Hall–Kier alpha value is -1.56. The number of amides is 2. The van der Waals surface area contributed by atoms with Gasteiger partial charge in [-0.2, -0.15) is 0 Å². The van der Waals surface area contributed by atoms with Gasteiger partial charge in [-0.15, -0.1) is 0 Å². The molecule has 98 valence electrons. The molecule has 0 bridgehead atoms. The molecule has 0 spiro atoms. The number of halogens is 1. The van der Waals surface area contributed by atoms with E-state index in [-0.39, 0.29) is 11.8 Å². The summed E-state index contributed by atoms with van der Waals surface area (Å²) in [7, 11) is 3.28. The maximum absolute atomic E-state index is 11.9. The van der Waals surface area contributed by atoms with Crippen molar-refractivity contribution in [2.75, 3.05) is 19.8 Å². The SMILES string of the molecule is CC(NC(=O)c1ccc(Br)c(N)c1)C(=O)N(C)C. The molecular formula is C12H16BrN3O2. The third-order valence-electron chi connectivity index (χ3n) is 2.42.